The molecule has 3 saturated carbocycles. The molecule has 3 fully saturated rings. The van der Waals surface area contributed by atoms with Crippen LogP contribution in [0.15, 0.2) is 29.2 Å². The van der Waals surface area contributed by atoms with Gasteiger partial charge in [0.25, 0.3) is 0 Å². The molecule has 0 spiro atoms. The van der Waals surface area contributed by atoms with Crippen molar-refractivity contribution >= 4 is 41.5 Å². The number of nitrogens with one attached hydrogen (secondary N) is 3. The highest BCUT2D eigenvalue weighted by atomic mass is 32.2. The van der Waals surface area contributed by atoms with Crippen LogP contribution in [0.3, 0.4) is 0 Å². The minimum absolute atomic E-state index is 0.0768. The first-order chi connectivity index (χ1) is 27.5. The molecule has 0 heterocycles. The van der Waals surface area contributed by atoms with Crippen LogP contribution in [0.1, 0.15) is 133 Å². The first-order valence-electron chi connectivity index (χ1n) is 21.8. The molecule has 0 aromatic heterocycles. The average Bonchev–Trinajstić information content (AvgIpc) is 3.49. The Hall–Kier alpha value is -3.16. The molecule has 3 aliphatic carbocycles. The van der Waals surface area contributed by atoms with Gasteiger partial charge < -0.3 is 35.3 Å². The number of unbranched alkanes of at least 4 members (excludes halogenated alkanes) is 1. The van der Waals surface area contributed by atoms with Gasteiger partial charge in [-0.15, -0.1) is 11.8 Å². The Morgan fingerprint density at radius 2 is 1.53 bits per heavy atom. The number of hydrogen-bond acceptors (Lipinski definition) is 11. The molecule has 0 saturated heterocycles. The maximum Gasteiger partial charge on any atom is 0.407 e. The van der Waals surface area contributed by atoms with Crippen LogP contribution in [0, 0.1) is 34.0 Å². The van der Waals surface area contributed by atoms with E-state index in [9.17, 15) is 29.1 Å². The van der Waals surface area contributed by atoms with Crippen molar-refractivity contribution in [2.75, 3.05) is 31.9 Å². The Balaban J connectivity index is 1.36. The van der Waals surface area contributed by atoms with E-state index >= 15 is 0 Å². The summed E-state index contributed by atoms with van der Waals surface area (Å²) < 4.78 is 17.2. The lowest BCUT2D eigenvalue weighted by Gasteiger charge is -2.62. The van der Waals surface area contributed by atoms with Gasteiger partial charge in [0.05, 0.1) is 18.3 Å². The molecular formula is C46H73N3O9S. The van der Waals surface area contributed by atoms with E-state index in [1.807, 2.05) is 45.0 Å². The van der Waals surface area contributed by atoms with Crippen molar-refractivity contribution in [3.05, 3.63) is 29.8 Å². The van der Waals surface area contributed by atoms with E-state index < -0.39 is 40.3 Å². The zero-order valence-corrected chi connectivity index (χ0v) is 38.2. The summed E-state index contributed by atoms with van der Waals surface area (Å²) in [5.41, 5.74) is -1.84. The summed E-state index contributed by atoms with van der Waals surface area (Å²) in [4.78, 5) is 65.2. The summed E-state index contributed by atoms with van der Waals surface area (Å²) in [5, 5.41) is 21.4. The quantitative estimate of drug-likeness (QED) is 0.0543. The number of hydrogen-bond donors (Lipinski definition) is 4. The lowest BCUT2D eigenvalue weighted by atomic mass is 9.44. The van der Waals surface area contributed by atoms with Crippen molar-refractivity contribution in [1.82, 2.24) is 16.0 Å². The molecule has 332 valence electrons. The lowest BCUT2D eigenvalue weighted by Crippen LogP contribution is -2.64. The standard InChI is InChI=1S/C46H73N3O9S/c1-30-19-21-46-22-20-34(50)39(46)45(30,10)35(27-44(9,40(54)31(46)2)29-47-23-12-11-14-37(52)57-42(3,4)5)56-38(53)28-59-33-17-15-32(16-18-33)26-36(51)48-24-13-25-49-41(55)58-43(6,7)8/h15-18,30-31,35,39-40,47,54H,11-14,19-29H2,1-10H3,(H,48,51)(H,49,55)/t30-,31+,35-,39+,40+,44-,45+,46+/m1/s1. The van der Waals surface area contributed by atoms with Gasteiger partial charge in [-0.3, -0.25) is 19.2 Å². The Morgan fingerprint density at radius 1 is 0.864 bits per heavy atom. The van der Waals surface area contributed by atoms with E-state index in [1.54, 1.807) is 20.8 Å². The van der Waals surface area contributed by atoms with E-state index in [4.69, 9.17) is 14.2 Å². The Bertz CT molecular complexity index is 1620. The summed E-state index contributed by atoms with van der Waals surface area (Å²) in [6.07, 6.45) is 4.22. The number of thioether (sulfide) groups is 1. The van der Waals surface area contributed by atoms with Crippen LogP contribution in [0.4, 0.5) is 4.79 Å². The summed E-state index contributed by atoms with van der Waals surface area (Å²) in [6, 6.07) is 7.54. The van der Waals surface area contributed by atoms with Crippen molar-refractivity contribution in [2.45, 2.75) is 162 Å². The van der Waals surface area contributed by atoms with Crippen LogP contribution in [-0.2, 0) is 39.8 Å². The van der Waals surface area contributed by atoms with Gasteiger partial charge in [0, 0.05) is 54.1 Å². The van der Waals surface area contributed by atoms with Crippen LogP contribution in [0.2, 0.25) is 0 Å². The molecule has 1 aromatic carbocycles. The molecule has 8 atom stereocenters. The topological polar surface area (TPSA) is 169 Å². The van der Waals surface area contributed by atoms with Gasteiger partial charge in [-0.2, -0.15) is 0 Å². The zero-order chi connectivity index (χ0) is 43.8. The number of Topliss-reactive ketones (excluding diaryl/α,β-unsaturated/α-hetero) is 1. The lowest BCUT2D eigenvalue weighted by molar-refractivity contribution is -0.210. The average molecular weight is 844 g/mol. The maximum atomic E-state index is 13.9. The third-order valence-corrected chi connectivity index (χ3v) is 14.1. The van der Waals surface area contributed by atoms with Crippen molar-refractivity contribution in [3.8, 4) is 0 Å². The number of rotatable bonds is 17. The highest BCUT2D eigenvalue weighted by Crippen LogP contribution is 2.67. The van der Waals surface area contributed by atoms with Gasteiger partial charge in [0.1, 0.15) is 23.1 Å². The highest BCUT2D eigenvalue weighted by Gasteiger charge is 2.68. The number of benzene rings is 1. The van der Waals surface area contributed by atoms with Crippen molar-refractivity contribution < 1.29 is 43.3 Å². The second-order valence-corrected chi connectivity index (χ2v) is 21.0. The molecule has 13 heteroatoms. The number of carbonyl (C=O) groups is 5. The molecule has 0 aliphatic heterocycles. The largest absolute Gasteiger partial charge is 0.461 e. The molecule has 1 aromatic rings. The van der Waals surface area contributed by atoms with Crippen LogP contribution < -0.4 is 16.0 Å². The number of esters is 2. The Kier molecular flexibility index (Phi) is 16.6. The second-order valence-electron chi connectivity index (χ2n) is 20.0. The third kappa shape index (κ3) is 12.9. The van der Waals surface area contributed by atoms with Gasteiger partial charge in [-0.05, 0) is 128 Å². The van der Waals surface area contributed by atoms with Crippen LogP contribution >= 0.6 is 11.8 Å². The number of aliphatic hydroxyl groups excluding tert-OH is 1. The summed E-state index contributed by atoms with van der Waals surface area (Å²) in [5.74, 6) is -0.656. The summed E-state index contributed by atoms with van der Waals surface area (Å²) in [7, 11) is 0. The summed E-state index contributed by atoms with van der Waals surface area (Å²) in [6.45, 7) is 21.5. The minimum Gasteiger partial charge on any atom is -0.461 e. The molecule has 59 heavy (non-hydrogen) atoms. The normalized spacial score (nSPS) is 29.4. The van der Waals surface area contributed by atoms with Crippen molar-refractivity contribution in [1.29, 1.82) is 0 Å². The monoisotopic (exact) mass is 844 g/mol. The summed E-state index contributed by atoms with van der Waals surface area (Å²) >= 11 is 1.37. The zero-order valence-electron chi connectivity index (χ0n) is 37.4. The predicted molar refractivity (Wildman–Crippen MR) is 230 cm³/mol. The van der Waals surface area contributed by atoms with E-state index in [2.05, 4.69) is 43.6 Å². The molecule has 12 nitrogen and oxygen atoms in total. The smallest absolute Gasteiger partial charge is 0.407 e. The van der Waals surface area contributed by atoms with Gasteiger partial charge in [0.2, 0.25) is 5.91 Å². The number of ketones is 1. The predicted octanol–water partition coefficient (Wildman–Crippen LogP) is 7.17. The first-order valence-corrected chi connectivity index (χ1v) is 22.8. The number of ether oxygens (including phenoxy) is 3. The first kappa shape index (κ1) is 48.5. The van der Waals surface area contributed by atoms with Gasteiger partial charge in [0.15, 0.2) is 0 Å². The molecule has 2 amide bonds. The molecule has 3 aliphatic rings. The third-order valence-electron chi connectivity index (χ3n) is 13.1. The van der Waals surface area contributed by atoms with Crippen molar-refractivity contribution in [2.24, 2.45) is 34.0 Å². The van der Waals surface area contributed by atoms with E-state index in [0.29, 0.717) is 58.3 Å². The Morgan fingerprint density at radius 3 is 2.19 bits per heavy atom. The molecule has 4 N–H and O–H groups in total. The molecular weight excluding hydrogens is 771 g/mol. The van der Waals surface area contributed by atoms with Gasteiger partial charge >= 0.3 is 18.0 Å². The molecule has 4 rings (SSSR count). The SMILES string of the molecule is C[C@@H]1CC[C@@]23CCC(=O)[C@H]2[C@]1(C)[C@H](OC(=O)CSc1ccc(CC(=O)NCCCNC(=O)OC(C)(C)C)cc1)C[C@](C)(CNCCCCC(=O)OC(C)(C)C)[C@@H](O)[C@@H]3C. The molecule has 2 bridgehead atoms. The number of carbonyl (C=O) groups excluding carboxylic acids is 5. The van der Waals surface area contributed by atoms with Crippen LogP contribution in [0.5, 0.6) is 0 Å². The van der Waals surface area contributed by atoms with Gasteiger partial charge in [-0.25, -0.2) is 4.79 Å². The highest BCUT2D eigenvalue weighted by molar-refractivity contribution is 8.00. The fraction of sp³-hybridized carbons (Fsp3) is 0.761. The second kappa shape index (κ2) is 20.1. The fourth-order valence-corrected chi connectivity index (χ4v) is 10.6. The minimum atomic E-state index is -0.722. The number of alkyl carbamates (subject to hydrolysis) is 1. The van der Waals surface area contributed by atoms with Crippen LogP contribution in [0.25, 0.3) is 0 Å². The number of amides is 2. The van der Waals surface area contributed by atoms with E-state index in [-0.39, 0.29) is 59.0 Å². The van der Waals surface area contributed by atoms with E-state index in [1.165, 1.54) is 11.8 Å². The molecule has 0 unspecified atom stereocenters. The maximum absolute atomic E-state index is 13.9. The Labute approximate surface area is 357 Å². The van der Waals surface area contributed by atoms with E-state index in [0.717, 1.165) is 36.1 Å². The van der Waals surface area contributed by atoms with Crippen LogP contribution in [-0.4, -0.2) is 90.2 Å². The van der Waals surface area contributed by atoms with Crippen molar-refractivity contribution in [3.63, 3.8) is 0 Å². The molecule has 0 radical (unpaired) electrons. The fourth-order valence-electron chi connectivity index (χ4n) is 9.92. The van der Waals surface area contributed by atoms with Gasteiger partial charge in [-0.1, -0.05) is 39.8 Å². The number of aliphatic hydroxyl groups is 1.